The summed E-state index contributed by atoms with van der Waals surface area (Å²) in [6, 6.07) is 48.9. The third-order valence-electron chi connectivity index (χ3n) is 9.64. The fraction of sp³-hybridized carbons (Fsp3) is 0.149. The molecule has 0 aliphatic rings. The molecule has 9 aromatic rings. The number of pyridine rings is 2. The van der Waals surface area contributed by atoms with E-state index >= 15 is 0 Å². The van der Waals surface area contributed by atoms with Crippen LogP contribution >= 0.6 is 0 Å². The minimum absolute atomic E-state index is 0. The van der Waals surface area contributed by atoms with Crippen LogP contribution in [0, 0.1) is 18.1 Å². The van der Waals surface area contributed by atoms with Crippen LogP contribution in [0.1, 0.15) is 19.4 Å². The van der Waals surface area contributed by atoms with Gasteiger partial charge in [-0.3, -0.25) is 0 Å². The molecule has 5 heteroatoms. The molecule has 0 spiro atoms. The predicted molar refractivity (Wildman–Crippen MR) is 218 cm³/mol. The molecule has 0 amide bonds. The van der Waals surface area contributed by atoms with Gasteiger partial charge in [-0.2, -0.15) is 0 Å². The molecular weight excluding hydrogens is 873 g/mol. The van der Waals surface area contributed by atoms with Crippen LogP contribution in [0.2, 0.25) is 17.3 Å². The fourth-order valence-corrected chi connectivity index (χ4v) is 10.6. The van der Waals surface area contributed by atoms with E-state index in [1.54, 1.807) is 6.20 Å². The van der Waals surface area contributed by atoms with E-state index in [2.05, 4.69) is 127 Å². The van der Waals surface area contributed by atoms with Gasteiger partial charge in [0.15, 0.2) is 0 Å². The SMILES string of the molecule is CC(C)Cc1cc(-c2[c-]cc3c4ccccc4c4ccccc4c3c2)nc[c]1[Ge]([CH3])([CH3])[CH3].[Ir].[c-]1ccc2c(oc3ccccc32)c1-c1ccccn1. The van der Waals surface area contributed by atoms with E-state index in [9.17, 15) is 0 Å². The minimum atomic E-state index is -1.99. The number of para-hydroxylation sites is 1. The molecule has 0 saturated carbocycles. The van der Waals surface area contributed by atoms with Crippen molar-refractivity contribution < 1.29 is 24.5 Å². The van der Waals surface area contributed by atoms with Crippen LogP contribution in [0.4, 0.5) is 0 Å². The van der Waals surface area contributed by atoms with E-state index in [1.165, 1.54) is 42.3 Å². The van der Waals surface area contributed by atoms with Crippen molar-refractivity contribution in [3.8, 4) is 22.5 Å². The summed E-state index contributed by atoms with van der Waals surface area (Å²) in [5.74, 6) is 8.00. The number of hydrogen-bond donors (Lipinski definition) is 0. The number of hydrogen-bond acceptors (Lipinski definition) is 3. The summed E-state index contributed by atoms with van der Waals surface area (Å²) < 4.78 is 7.49. The van der Waals surface area contributed by atoms with Gasteiger partial charge in [0, 0.05) is 31.7 Å². The van der Waals surface area contributed by atoms with Gasteiger partial charge in [-0.15, -0.1) is 18.2 Å². The molecular formula is C47H40GeIrN2O-2. The summed E-state index contributed by atoms with van der Waals surface area (Å²) in [4.78, 5) is 9.33. The van der Waals surface area contributed by atoms with Crippen molar-refractivity contribution in [1.82, 2.24) is 9.97 Å². The van der Waals surface area contributed by atoms with Crippen LogP contribution in [0.3, 0.4) is 0 Å². The van der Waals surface area contributed by atoms with Crippen molar-refractivity contribution in [2.24, 2.45) is 5.92 Å². The van der Waals surface area contributed by atoms with Crippen molar-refractivity contribution >= 4 is 71.9 Å². The molecule has 1 radical (unpaired) electrons. The van der Waals surface area contributed by atoms with E-state index in [4.69, 9.17) is 9.40 Å². The second-order valence-corrected chi connectivity index (χ2v) is 25.3. The Morgan fingerprint density at radius 3 is 1.92 bits per heavy atom. The Balaban J connectivity index is 0.000000179. The standard InChI is InChI=1S/C30H30GeN.C17H10NO.Ir/c1-20(2)16-22-18-30(32-19-29(22)31(3,4)5)21-14-15-27-25-12-7-6-10-23(25)24-11-8-9-13-26(24)28(27)17-21;1-2-10-16-12(6-1)13-7-5-8-14(17(13)19-16)15-9-3-4-11-18-15;/h6-13,15,17-20H,16H2,1-5H3;1-7,9-11H;/q2*-1;. The largest absolute Gasteiger partial charge is 0.501 e. The van der Waals surface area contributed by atoms with E-state index in [0.29, 0.717) is 5.92 Å². The maximum atomic E-state index is 5.97. The zero-order chi connectivity index (χ0) is 35.1. The number of nitrogens with zero attached hydrogens (tertiary/aromatic N) is 2. The molecule has 9 rings (SSSR count). The van der Waals surface area contributed by atoms with Gasteiger partial charge in [0.2, 0.25) is 0 Å². The van der Waals surface area contributed by atoms with Crippen LogP contribution < -0.4 is 4.40 Å². The molecule has 0 atom stereocenters. The maximum absolute atomic E-state index is 5.97. The van der Waals surface area contributed by atoms with Gasteiger partial charge in [0.1, 0.15) is 5.58 Å². The van der Waals surface area contributed by atoms with E-state index in [1.807, 2.05) is 48.5 Å². The first kappa shape index (κ1) is 35.8. The number of benzene rings is 6. The molecule has 3 heterocycles. The smallest absolute Gasteiger partial charge is 0.120 e. The molecule has 3 aromatic heterocycles. The zero-order valence-electron chi connectivity index (χ0n) is 30.1. The second-order valence-electron chi connectivity index (χ2n) is 14.7. The van der Waals surface area contributed by atoms with Crippen LogP contribution in [-0.4, -0.2) is 23.2 Å². The third-order valence-corrected chi connectivity index (χ3v) is 14.0. The zero-order valence-corrected chi connectivity index (χ0v) is 34.6. The normalized spacial score (nSPS) is 11.7. The summed E-state index contributed by atoms with van der Waals surface area (Å²) in [5, 5.41) is 9.95. The average Bonchev–Trinajstić information content (AvgIpc) is 3.54. The van der Waals surface area contributed by atoms with Gasteiger partial charge in [-0.05, 0) is 17.8 Å². The summed E-state index contributed by atoms with van der Waals surface area (Å²) in [5.41, 5.74) is 7.14. The van der Waals surface area contributed by atoms with Gasteiger partial charge in [0.05, 0.1) is 5.58 Å². The summed E-state index contributed by atoms with van der Waals surface area (Å²) >= 11 is -1.99. The Hall–Kier alpha value is -4.61. The van der Waals surface area contributed by atoms with E-state index in [-0.39, 0.29) is 20.1 Å². The van der Waals surface area contributed by atoms with Crippen molar-refractivity contribution in [1.29, 1.82) is 0 Å². The molecule has 0 N–H and O–H groups in total. The van der Waals surface area contributed by atoms with Crippen molar-refractivity contribution in [2.75, 3.05) is 0 Å². The first-order valence-electron chi connectivity index (χ1n) is 17.7. The fourth-order valence-electron chi connectivity index (χ4n) is 7.31. The third kappa shape index (κ3) is 6.84. The number of furan rings is 1. The first-order chi connectivity index (χ1) is 24.8. The van der Waals surface area contributed by atoms with Gasteiger partial charge in [-0.25, -0.2) is 0 Å². The van der Waals surface area contributed by atoms with Crippen molar-refractivity contribution in [3.63, 3.8) is 0 Å². The van der Waals surface area contributed by atoms with Crippen LogP contribution in [0.5, 0.6) is 0 Å². The maximum Gasteiger partial charge on any atom is 0.120 e. The molecule has 259 valence electrons. The Morgan fingerprint density at radius 1 is 0.635 bits per heavy atom. The van der Waals surface area contributed by atoms with E-state index in [0.717, 1.165) is 50.9 Å². The van der Waals surface area contributed by atoms with Crippen LogP contribution in [-0.2, 0) is 26.5 Å². The Bertz CT molecular complexity index is 2660. The van der Waals surface area contributed by atoms with Crippen LogP contribution in [0.25, 0.3) is 76.8 Å². The van der Waals surface area contributed by atoms with Gasteiger partial charge in [-0.1, -0.05) is 41.3 Å². The number of fused-ring (bicyclic) bond motifs is 9. The topological polar surface area (TPSA) is 38.9 Å². The first-order valence-corrected chi connectivity index (χ1v) is 25.1. The summed E-state index contributed by atoms with van der Waals surface area (Å²) in [6.07, 6.45) is 5.06. The molecule has 0 saturated heterocycles. The Labute approximate surface area is 321 Å². The quantitative estimate of drug-likeness (QED) is 0.0981. The van der Waals surface area contributed by atoms with Gasteiger partial charge < -0.3 is 9.40 Å². The van der Waals surface area contributed by atoms with E-state index < -0.39 is 13.3 Å². The molecule has 0 aliphatic carbocycles. The molecule has 0 bridgehead atoms. The van der Waals surface area contributed by atoms with Gasteiger partial charge >= 0.3 is 194 Å². The minimum Gasteiger partial charge on any atom is -0.501 e. The molecule has 0 unspecified atom stereocenters. The summed E-state index contributed by atoms with van der Waals surface area (Å²) in [6.45, 7) is 4.61. The van der Waals surface area contributed by atoms with Crippen molar-refractivity contribution in [3.05, 3.63) is 151 Å². The van der Waals surface area contributed by atoms with Gasteiger partial charge in [0.25, 0.3) is 0 Å². The summed E-state index contributed by atoms with van der Waals surface area (Å²) in [7, 11) is 0. The molecule has 52 heavy (non-hydrogen) atoms. The molecule has 0 fully saturated rings. The van der Waals surface area contributed by atoms with Crippen molar-refractivity contribution in [2.45, 2.75) is 37.5 Å². The number of rotatable bonds is 5. The monoisotopic (exact) mass is 915 g/mol. The van der Waals surface area contributed by atoms with Crippen LogP contribution in [0.15, 0.2) is 138 Å². The number of aromatic nitrogens is 2. The molecule has 6 aromatic carbocycles. The predicted octanol–water partition coefficient (Wildman–Crippen LogP) is 12.2. The molecule has 3 nitrogen and oxygen atoms in total. The average molecular weight is 914 g/mol. The second kappa shape index (κ2) is 14.8. The Morgan fingerprint density at radius 2 is 1.27 bits per heavy atom. The molecule has 0 aliphatic heterocycles. The Kier molecular flexibility index (Phi) is 10.2.